The van der Waals surface area contributed by atoms with Crippen LogP contribution in [-0.2, 0) is 6.54 Å². The van der Waals surface area contributed by atoms with Crippen LogP contribution in [0.2, 0.25) is 0 Å². The van der Waals surface area contributed by atoms with Crippen LogP contribution in [0.4, 0.5) is 0 Å². The Balaban J connectivity index is 1.82. The molecule has 1 N–H and O–H groups in total. The van der Waals surface area contributed by atoms with Crippen molar-refractivity contribution < 1.29 is 9.84 Å². The number of hydrogen-bond donors (Lipinski definition) is 1. The van der Waals surface area contributed by atoms with Gasteiger partial charge in [0, 0.05) is 18.0 Å². The summed E-state index contributed by atoms with van der Waals surface area (Å²) in [4.78, 5) is 3.66. The van der Waals surface area contributed by atoms with Crippen LogP contribution in [0.15, 0.2) is 47.8 Å². The first-order chi connectivity index (χ1) is 11.1. The zero-order valence-corrected chi connectivity index (χ0v) is 14.8. The lowest BCUT2D eigenvalue weighted by atomic mass is 10.1. The van der Waals surface area contributed by atoms with Gasteiger partial charge in [0.2, 0.25) is 0 Å². The van der Waals surface area contributed by atoms with E-state index < -0.39 is 6.10 Å². The largest absolute Gasteiger partial charge is 0.491 e. The minimum absolute atomic E-state index is 0.326. The first-order valence-electron chi connectivity index (χ1n) is 8.24. The number of hydrogen-bond acceptors (Lipinski definition) is 4. The fourth-order valence-corrected chi connectivity index (χ4v) is 3.10. The van der Waals surface area contributed by atoms with Crippen LogP contribution < -0.4 is 4.74 Å². The zero-order valence-electron chi connectivity index (χ0n) is 14.0. The quantitative estimate of drug-likeness (QED) is 0.712. The lowest BCUT2D eigenvalue weighted by Crippen LogP contribution is -2.36. The fourth-order valence-electron chi connectivity index (χ4n) is 2.36. The molecule has 0 aliphatic heterocycles. The molecule has 1 aromatic heterocycles. The van der Waals surface area contributed by atoms with Crippen molar-refractivity contribution in [3.8, 4) is 5.75 Å². The first kappa shape index (κ1) is 18.0. The normalized spacial score (nSPS) is 12.7. The predicted molar refractivity (Wildman–Crippen MR) is 97.0 cm³/mol. The van der Waals surface area contributed by atoms with Crippen molar-refractivity contribution in [1.29, 1.82) is 0 Å². The smallest absolute Gasteiger partial charge is 0.119 e. The minimum Gasteiger partial charge on any atom is -0.491 e. The number of thiophene rings is 1. The van der Waals surface area contributed by atoms with Gasteiger partial charge in [0.05, 0.1) is 0 Å². The van der Waals surface area contributed by atoms with Crippen LogP contribution in [-0.4, -0.2) is 35.8 Å². The van der Waals surface area contributed by atoms with Crippen LogP contribution >= 0.6 is 11.3 Å². The van der Waals surface area contributed by atoms with Crippen molar-refractivity contribution in [2.24, 2.45) is 5.92 Å². The summed E-state index contributed by atoms with van der Waals surface area (Å²) in [5.41, 5.74) is 0. The predicted octanol–water partition coefficient (Wildman–Crippen LogP) is 4.04. The maximum Gasteiger partial charge on any atom is 0.119 e. The molecule has 0 spiro atoms. The SMILES string of the molecule is CC(C)CCN(Cc1cccs1)C[C@@H](O)COc1ccccc1. The summed E-state index contributed by atoms with van der Waals surface area (Å²) in [6.45, 7) is 7.32. The highest BCUT2D eigenvalue weighted by atomic mass is 32.1. The molecule has 0 bridgehead atoms. The molecule has 0 unspecified atom stereocenters. The molecule has 0 fully saturated rings. The molecule has 23 heavy (non-hydrogen) atoms. The van der Waals surface area contributed by atoms with E-state index in [1.165, 1.54) is 4.88 Å². The van der Waals surface area contributed by atoms with Crippen molar-refractivity contribution in [3.05, 3.63) is 52.7 Å². The Labute approximate surface area is 143 Å². The molecule has 0 aliphatic rings. The third-order valence-corrected chi connectivity index (χ3v) is 4.50. The molecule has 0 saturated heterocycles. The van der Waals surface area contributed by atoms with Crippen LogP contribution in [0.5, 0.6) is 5.75 Å². The van der Waals surface area contributed by atoms with Crippen LogP contribution in [0.25, 0.3) is 0 Å². The first-order valence-corrected chi connectivity index (χ1v) is 9.12. The molecule has 4 heteroatoms. The van der Waals surface area contributed by atoms with E-state index in [1.807, 2.05) is 30.3 Å². The zero-order chi connectivity index (χ0) is 16.5. The average molecular weight is 333 g/mol. The molecule has 2 rings (SSSR count). The summed E-state index contributed by atoms with van der Waals surface area (Å²) in [7, 11) is 0. The molecule has 3 nitrogen and oxygen atoms in total. The molecule has 126 valence electrons. The van der Waals surface area contributed by atoms with Gasteiger partial charge < -0.3 is 9.84 Å². The summed E-state index contributed by atoms with van der Waals surface area (Å²) < 4.78 is 5.66. The number of para-hydroxylation sites is 1. The highest BCUT2D eigenvalue weighted by Crippen LogP contribution is 2.14. The molecule has 0 saturated carbocycles. The van der Waals surface area contributed by atoms with Gasteiger partial charge in [0.1, 0.15) is 18.5 Å². The molecule has 0 aliphatic carbocycles. The topological polar surface area (TPSA) is 32.7 Å². The summed E-state index contributed by atoms with van der Waals surface area (Å²) in [6, 6.07) is 13.9. The molecular weight excluding hydrogens is 306 g/mol. The molecule has 1 aromatic carbocycles. The van der Waals surface area contributed by atoms with Gasteiger partial charge >= 0.3 is 0 Å². The lowest BCUT2D eigenvalue weighted by Gasteiger charge is -2.25. The van der Waals surface area contributed by atoms with E-state index in [9.17, 15) is 5.11 Å². The van der Waals surface area contributed by atoms with Crippen molar-refractivity contribution in [2.45, 2.75) is 32.9 Å². The molecular formula is C19H27NO2S. The Morgan fingerprint density at radius 1 is 1.13 bits per heavy atom. The van der Waals surface area contributed by atoms with Gasteiger partial charge in [-0.05, 0) is 42.5 Å². The summed E-state index contributed by atoms with van der Waals surface area (Å²) >= 11 is 1.77. The molecule has 0 amide bonds. The van der Waals surface area contributed by atoms with Crippen molar-refractivity contribution in [2.75, 3.05) is 19.7 Å². The third-order valence-electron chi connectivity index (χ3n) is 3.64. The number of benzene rings is 1. The highest BCUT2D eigenvalue weighted by molar-refractivity contribution is 7.09. The van der Waals surface area contributed by atoms with Gasteiger partial charge in [-0.15, -0.1) is 11.3 Å². The number of nitrogens with zero attached hydrogens (tertiary/aromatic N) is 1. The van der Waals surface area contributed by atoms with Crippen molar-refractivity contribution in [1.82, 2.24) is 4.90 Å². The molecule has 1 heterocycles. The van der Waals surface area contributed by atoms with E-state index in [0.717, 1.165) is 25.3 Å². The van der Waals surface area contributed by atoms with Crippen LogP contribution in [0.1, 0.15) is 25.1 Å². The lowest BCUT2D eigenvalue weighted by molar-refractivity contribution is 0.0643. The van der Waals surface area contributed by atoms with E-state index in [4.69, 9.17) is 4.74 Å². The molecule has 1 atom stereocenters. The number of ether oxygens (including phenoxy) is 1. The van der Waals surface area contributed by atoms with Gasteiger partial charge in [-0.3, -0.25) is 4.90 Å². The van der Waals surface area contributed by atoms with Gasteiger partial charge in [-0.1, -0.05) is 38.1 Å². The molecule has 2 aromatic rings. The maximum atomic E-state index is 10.3. The van der Waals surface area contributed by atoms with E-state index in [-0.39, 0.29) is 0 Å². The number of aliphatic hydroxyl groups excluding tert-OH is 1. The fraction of sp³-hybridized carbons (Fsp3) is 0.474. The van der Waals surface area contributed by atoms with E-state index in [1.54, 1.807) is 11.3 Å². The molecule has 0 radical (unpaired) electrons. The second kappa shape index (κ2) is 9.71. The van der Waals surface area contributed by atoms with E-state index in [2.05, 4.69) is 36.3 Å². The monoisotopic (exact) mass is 333 g/mol. The summed E-state index contributed by atoms with van der Waals surface area (Å²) in [6.07, 6.45) is 0.653. The number of aliphatic hydroxyl groups is 1. The highest BCUT2D eigenvalue weighted by Gasteiger charge is 2.14. The Hall–Kier alpha value is -1.36. The standard InChI is InChI=1S/C19H27NO2S/c1-16(2)10-11-20(14-19-9-6-12-23-19)13-17(21)15-22-18-7-4-3-5-8-18/h3-9,12,16-17,21H,10-11,13-15H2,1-2H3/t17-/m1/s1. The van der Waals surface area contributed by atoms with Gasteiger partial charge in [-0.2, -0.15) is 0 Å². The van der Waals surface area contributed by atoms with Crippen LogP contribution in [0.3, 0.4) is 0 Å². The van der Waals surface area contributed by atoms with E-state index >= 15 is 0 Å². The Morgan fingerprint density at radius 3 is 2.57 bits per heavy atom. The Bertz CT molecular complexity index is 528. The second-order valence-electron chi connectivity index (χ2n) is 6.27. The third kappa shape index (κ3) is 7.16. The minimum atomic E-state index is -0.484. The number of rotatable bonds is 10. The van der Waals surface area contributed by atoms with Gasteiger partial charge in [0.15, 0.2) is 0 Å². The Morgan fingerprint density at radius 2 is 1.91 bits per heavy atom. The Kier molecular flexibility index (Phi) is 7.59. The van der Waals surface area contributed by atoms with E-state index in [0.29, 0.717) is 19.1 Å². The second-order valence-corrected chi connectivity index (χ2v) is 7.31. The van der Waals surface area contributed by atoms with Crippen molar-refractivity contribution in [3.63, 3.8) is 0 Å². The van der Waals surface area contributed by atoms with Gasteiger partial charge in [-0.25, -0.2) is 0 Å². The van der Waals surface area contributed by atoms with Crippen LogP contribution in [0, 0.1) is 5.92 Å². The maximum absolute atomic E-state index is 10.3. The van der Waals surface area contributed by atoms with Crippen molar-refractivity contribution >= 4 is 11.3 Å². The average Bonchev–Trinajstić information content (AvgIpc) is 3.04. The van der Waals surface area contributed by atoms with Gasteiger partial charge in [0.25, 0.3) is 0 Å². The summed E-state index contributed by atoms with van der Waals surface area (Å²) in [5.74, 6) is 1.47. The summed E-state index contributed by atoms with van der Waals surface area (Å²) in [5, 5.41) is 12.4.